The Morgan fingerprint density at radius 2 is 2.02 bits per heavy atom. The average Bonchev–Trinajstić information content (AvgIpc) is 3.71. The average molecular weight is 665 g/mol. The highest BCUT2D eigenvalue weighted by atomic mass is 79.9. The number of halogens is 3. The fourth-order valence-electron chi connectivity index (χ4n) is 8.28. The Labute approximate surface area is 259 Å². The van der Waals surface area contributed by atoms with Crippen molar-refractivity contribution in [1.29, 1.82) is 0 Å². The van der Waals surface area contributed by atoms with Crippen molar-refractivity contribution in [3.8, 4) is 6.01 Å². The van der Waals surface area contributed by atoms with Gasteiger partial charge in [-0.3, -0.25) is 9.80 Å². The van der Waals surface area contributed by atoms with Crippen molar-refractivity contribution in [2.75, 3.05) is 44.3 Å². The molecule has 0 radical (unpaired) electrons. The highest BCUT2D eigenvalue weighted by Gasteiger charge is 2.60. The topological polar surface area (TPSA) is 80.3 Å². The molecule has 12 heteroatoms. The smallest absolute Gasteiger partial charge is 0.411 e. The molecule has 7 rings (SSSR count). The summed E-state index contributed by atoms with van der Waals surface area (Å²) in [5, 5.41) is 0.575. The van der Waals surface area contributed by atoms with Crippen LogP contribution in [0.2, 0.25) is 0 Å². The third kappa shape index (κ3) is 5.05. The second-order valence-electron chi connectivity index (χ2n) is 14.0. The molecule has 5 fully saturated rings. The van der Waals surface area contributed by atoms with E-state index < -0.39 is 23.1 Å². The minimum Gasteiger partial charge on any atom is -0.461 e. The van der Waals surface area contributed by atoms with E-state index in [1.165, 1.54) is 0 Å². The summed E-state index contributed by atoms with van der Waals surface area (Å²) >= 11 is 3.31. The van der Waals surface area contributed by atoms with E-state index in [1.54, 1.807) is 6.07 Å². The number of nitrogens with zero attached hydrogens (tertiary/aromatic N) is 5. The van der Waals surface area contributed by atoms with Gasteiger partial charge in [-0.25, -0.2) is 13.6 Å². The van der Waals surface area contributed by atoms with E-state index in [2.05, 4.69) is 30.7 Å². The van der Waals surface area contributed by atoms with Crippen LogP contribution in [0.25, 0.3) is 10.9 Å². The van der Waals surface area contributed by atoms with Crippen LogP contribution in [-0.4, -0.2) is 100 Å². The standard InChI is InChI=1S/C31H40BrF2N5O4/c1-29(2,3)43-28(40)39-20-9-11-31(39,23-6-4-13-41-23)17-37(16-20)26-21-7-8-22(32)24(34)25(21)35-27(36-26)42-18-30-10-5-12-38(30)15-19(33)14-30/h7-8,19-20,23H,4-6,9-18H2,1-3H3/t19-,20?,23-,30+,31?/m1/s1. The van der Waals surface area contributed by atoms with Gasteiger partial charge in [0.15, 0.2) is 5.82 Å². The minimum atomic E-state index is -0.879. The maximum absolute atomic E-state index is 15.6. The van der Waals surface area contributed by atoms with E-state index in [-0.39, 0.29) is 41.9 Å². The van der Waals surface area contributed by atoms with Crippen molar-refractivity contribution < 1.29 is 27.8 Å². The molecule has 5 atom stereocenters. The van der Waals surface area contributed by atoms with Gasteiger partial charge < -0.3 is 19.1 Å². The van der Waals surface area contributed by atoms with Crippen LogP contribution in [-0.2, 0) is 9.47 Å². The zero-order valence-electron chi connectivity index (χ0n) is 25.1. The minimum absolute atomic E-state index is 0.0797. The number of benzene rings is 1. The molecule has 0 spiro atoms. The van der Waals surface area contributed by atoms with Gasteiger partial charge in [-0.2, -0.15) is 9.97 Å². The molecule has 2 unspecified atom stereocenters. The molecule has 234 valence electrons. The number of fused-ring (bicyclic) bond motifs is 4. The number of hydrogen-bond acceptors (Lipinski definition) is 8. The zero-order valence-corrected chi connectivity index (χ0v) is 26.7. The van der Waals surface area contributed by atoms with Crippen molar-refractivity contribution in [3.05, 3.63) is 22.4 Å². The Morgan fingerprint density at radius 1 is 1.19 bits per heavy atom. The molecule has 1 amide bonds. The van der Waals surface area contributed by atoms with Gasteiger partial charge in [0.2, 0.25) is 0 Å². The Bertz CT molecular complexity index is 1420. The fraction of sp³-hybridized carbons (Fsp3) is 0.710. The lowest BCUT2D eigenvalue weighted by Crippen LogP contribution is -2.68. The second-order valence-corrected chi connectivity index (χ2v) is 14.8. The summed E-state index contributed by atoms with van der Waals surface area (Å²) < 4.78 is 48.7. The Morgan fingerprint density at radius 3 is 2.79 bits per heavy atom. The number of hydrogen-bond donors (Lipinski definition) is 0. The molecular weight excluding hydrogens is 624 g/mol. The van der Waals surface area contributed by atoms with E-state index in [0.29, 0.717) is 48.3 Å². The lowest BCUT2D eigenvalue weighted by Gasteiger charge is -2.51. The molecule has 6 heterocycles. The SMILES string of the molecule is CC(C)(C)OC(=O)N1C2CCC1([C@H]1CCCO1)CN(c1nc(OC[C@@]34CCCN3C[C@H](F)C4)nc3c(F)c(Br)ccc13)C2. The first kappa shape index (κ1) is 29.4. The number of carbonyl (C=O) groups is 1. The summed E-state index contributed by atoms with van der Waals surface area (Å²) in [5.41, 5.74) is -1.44. The molecular formula is C31H40BrF2N5O4. The molecule has 9 nitrogen and oxygen atoms in total. The molecule has 1 aromatic heterocycles. The molecule has 2 bridgehead atoms. The first-order valence-corrected chi connectivity index (χ1v) is 16.3. The predicted octanol–water partition coefficient (Wildman–Crippen LogP) is 5.62. The van der Waals surface area contributed by atoms with Crippen LogP contribution in [0, 0.1) is 5.82 Å². The molecule has 0 saturated carbocycles. The van der Waals surface area contributed by atoms with Gasteiger partial charge in [-0.05, 0) is 93.9 Å². The van der Waals surface area contributed by atoms with Crippen molar-refractivity contribution in [2.24, 2.45) is 0 Å². The van der Waals surface area contributed by atoms with Gasteiger partial charge in [0, 0.05) is 38.0 Å². The lowest BCUT2D eigenvalue weighted by molar-refractivity contribution is -0.0556. The van der Waals surface area contributed by atoms with Crippen molar-refractivity contribution >= 4 is 38.7 Å². The van der Waals surface area contributed by atoms with Gasteiger partial charge >= 0.3 is 12.1 Å². The van der Waals surface area contributed by atoms with E-state index in [4.69, 9.17) is 19.2 Å². The summed E-state index contributed by atoms with van der Waals surface area (Å²) in [7, 11) is 0. The van der Waals surface area contributed by atoms with Crippen LogP contribution in [0.1, 0.15) is 65.7 Å². The van der Waals surface area contributed by atoms with E-state index in [9.17, 15) is 9.18 Å². The predicted molar refractivity (Wildman–Crippen MR) is 161 cm³/mol. The van der Waals surface area contributed by atoms with Gasteiger partial charge in [-0.15, -0.1) is 0 Å². The first-order chi connectivity index (χ1) is 20.5. The number of aromatic nitrogens is 2. The normalized spacial score (nSPS) is 32.6. The second kappa shape index (κ2) is 10.7. The Balaban J connectivity index is 1.25. The number of amides is 1. The summed E-state index contributed by atoms with van der Waals surface area (Å²) in [5.74, 6) is 0.0839. The van der Waals surface area contributed by atoms with Crippen LogP contribution < -0.4 is 9.64 Å². The van der Waals surface area contributed by atoms with Crippen molar-refractivity contribution in [2.45, 2.75) is 101 Å². The number of piperazine rings is 1. The quantitative estimate of drug-likeness (QED) is 0.408. The monoisotopic (exact) mass is 663 g/mol. The maximum atomic E-state index is 15.6. The molecule has 1 aromatic carbocycles. The van der Waals surface area contributed by atoms with Crippen LogP contribution in [0.15, 0.2) is 16.6 Å². The molecule has 0 N–H and O–H groups in total. The van der Waals surface area contributed by atoms with Crippen LogP contribution in [0.3, 0.4) is 0 Å². The number of anilines is 1. The van der Waals surface area contributed by atoms with Crippen molar-refractivity contribution in [1.82, 2.24) is 19.8 Å². The Hall–Kier alpha value is -2.31. The largest absolute Gasteiger partial charge is 0.461 e. The number of alkyl halides is 1. The van der Waals surface area contributed by atoms with Crippen LogP contribution in [0.4, 0.5) is 19.4 Å². The molecule has 43 heavy (non-hydrogen) atoms. The van der Waals surface area contributed by atoms with Crippen molar-refractivity contribution in [3.63, 3.8) is 0 Å². The third-order valence-corrected chi connectivity index (χ3v) is 10.6. The number of carbonyl (C=O) groups excluding carboxylic acids is 1. The number of rotatable bonds is 5. The van der Waals surface area contributed by atoms with Gasteiger partial charge in [-0.1, -0.05) is 0 Å². The Kier molecular flexibility index (Phi) is 7.28. The molecule has 5 saturated heterocycles. The van der Waals surface area contributed by atoms with Crippen LogP contribution >= 0.6 is 15.9 Å². The van der Waals surface area contributed by atoms with E-state index in [0.717, 1.165) is 45.1 Å². The van der Waals surface area contributed by atoms with Gasteiger partial charge in [0.25, 0.3) is 0 Å². The zero-order chi connectivity index (χ0) is 30.1. The molecule has 5 aliphatic heterocycles. The summed E-state index contributed by atoms with van der Waals surface area (Å²) in [6, 6.07) is 3.45. The fourth-order valence-corrected chi connectivity index (χ4v) is 8.60. The lowest BCUT2D eigenvalue weighted by atomic mass is 9.86. The summed E-state index contributed by atoms with van der Waals surface area (Å²) in [4.78, 5) is 29.3. The van der Waals surface area contributed by atoms with E-state index >= 15 is 4.39 Å². The van der Waals surface area contributed by atoms with E-state index in [1.807, 2.05) is 31.7 Å². The first-order valence-electron chi connectivity index (χ1n) is 15.5. The highest BCUT2D eigenvalue weighted by Crippen LogP contribution is 2.47. The van der Waals surface area contributed by atoms with Crippen LogP contribution in [0.5, 0.6) is 6.01 Å². The summed E-state index contributed by atoms with van der Waals surface area (Å²) in [6.07, 6.45) is 4.33. The number of ether oxygens (including phenoxy) is 3. The van der Waals surface area contributed by atoms with Gasteiger partial charge in [0.1, 0.15) is 29.7 Å². The summed E-state index contributed by atoms with van der Waals surface area (Å²) in [6.45, 7) is 8.81. The molecule has 0 aliphatic carbocycles. The molecule has 2 aromatic rings. The molecule has 5 aliphatic rings. The highest BCUT2D eigenvalue weighted by molar-refractivity contribution is 9.10. The van der Waals surface area contributed by atoms with Gasteiger partial charge in [0.05, 0.1) is 27.7 Å². The maximum Gasteiger partial charge on any atom is 0.411 e. The third-order valence-electron chi connectivity index (χ3n) is 10.0.